The molecule has 1 aromatic rings. The van der Waals surface area contributed by atoms with E-state index in [2.05, 4.69) is 0 Å². The zero-order valence-electron chi connectivity index (χ0n) is 10.2. The molecule has 1 rings (SSSR count). The zero-order chi connectivity index (χ0) is 12.3. The van der Waals surface area contributed by atoms with Crippen molar-refractivity contribution < 1.29 is 9.00 Å². The van der Waals surface area contributed by atoms with Crippen LogP contribution < -0.4 is 0 Å². The monoisotopic (exact) mass is 238 g/mol. The second-order valence-corrected chi connectivity index (χ2v) is 7.10. The molecule has 16 heavy (non-hydrogen) atoms. The minimum Gasteiger partial charge on any atom is -0.293 e. The molecular formula is C13H18O2S. The Morgan fingerprint density at radius 2 is 1.69 bits per heavy atom. The molecule has 0 aliphatic carbocycles. The third-order valence-electron chi connectivity index (χ3n) is 2.32. The van der Waals surface area contributed by atoms with Gasteiger partial charge in [0.05, 0.1) is 5.75 Å². The quantitative estimate of drug-likeness (QED) is 0.759. The van der Waals surface area contributed by atoms with E-state index in [1.807, 2.05) is 39.8 Å². The van der Waals surface area contributed by atoms with E-state index in [1.165, 1.54) is 0 Å². The fourth-order valence-electron chi connectivity index (χ4n) is 1.16. The highest BCUT2D eigenvalue weighted by atomic mass is 32.2. The molecule has 88 valence electrons. The third-order valence-corrected chi connectivity index (χ3v) is 4.21. The van der Waals surface area contributed by atoms with Crippen molar-refractivity contribution in [3.8, 4) is 0 Å². The lowest BCUT2D eigenvalue weighted by atomic mass is 10.1. The molecule has 0 bridgehead atoms. The van der Waals surface area contributed by atoms with Crippen LogP contribution in [0.25, 0.3) is 0 Å². The van der Waals surface area contributed by atoms with Gasteiger partial charge in [-0.2, -0.15) is 0 Å². The first-order chi connectivity index (χ1) is 7.30. The maximum atomic E-state index is 11.8. The molecule has 0 amide bonds. The lowest BCUT2D eigenvalue weighted by Crippen LogP contribution is -2.27. The molecule has 0 aliphatic rings. The standard InChI is InChI=1S/C13H18O2S/c1-10-5-7-11(8-6-10)12(14)9-16(15)13(2,3)4/h5-8H,9H2,1-4H3. The van der Waals surface area contributed by atoms with Gasteiger partial charge in [-0.05, 0) is 27.7 Å². The van der Waals surface area contributed by atoms with Crippen molar-refractivity contribution in [1.29, 1.82) is 0 Å². The minimum absolute atomic E-state index is 0.0479. The SMILES string of the molecule is Cc1ccc(C(=O)CS(=O)C(C)(C)C)cc1. The number of benzene rings is 1. The largest absolute Gasteiger partial charge is 0.293 e. The lowest BCUT2D eigenvalue weighted by Gasteiger charge is -2.16. The van der Waals surface area contributed by atoms with Crippen LogP contribution in [0.5, 0.6) is 0 Å². The highest BCUT2D eigenvalue weighted by Gasteiger charge is 2.22. The molecule has 0 saturated heterocycles. The van der Waals surface area contributed by atoms with Gasteiger partial charge in [-0.15, -0.1) is 0 Å². The Labute approximate surface area is 99.5 Å². The van der Waals surface area contributed by atoms with Gasteiger partial charge >= 0.3 is 0 Å². The molecular weight excluding hydrogens is 220 g/mol. The average Bonchev–Trinajstić information content (AvgIpc) is 2.17. The summed E-state index contributed by atoms with van der Waals surface area (Å²) < 4.78 is 11.5. The van der Waals surface area contributed by atoms with Crippen molar-refractivity contribution in [2.24, 2.45) is 0 Å². The summed E-state index contributed by atoms with van der Waals surface area (Å²) in [4.78, 5) is 11.8. The Balaban J connectivity index is 2.74. The van der Waals surface area contributed by atoms with Gasteiger partial charge < -0.3 is 0 Å². The van der Waals surface area contributed by atoms with Crippen LogP contribution in [0, 0.1) is 6.92 Å². The van der Waals surface area contributed by atoms with Gasteiger partial charge in [0.25, 0.3) is 0 Å². The van der Waals surface area contributed by atoms with Crippen molar-refractivity contribution in [1.82, 2.24) is 0 Å². The molecule has 1 atom stereocenters. The van der Waals surface area contributed by atoms with Crippen LogP contribution in [-0.4, -0.2) is 20.5 Å². The van der Waals surface area contributed by atoms with Crippen molar-refractivity contribution >= 4 is 16.6 Å². The van der Waals surface area contributed by atoms with Crippen LogP contribution in [-0.2, 0) is 10.8 Å². The second kappa shape index (κ2) is 4.91. The van der Waals surface area contributed by atoms with E-state index in [4.69, 9.17) is 0 Å². The first kappa shape index (κ1) is 13.1. The zero-order valence-corrected chi connectivity index (χ0v) is 11.1. The number of hydrogen-bond acceptors (Lipinski definition) is 2. The van der Waals surface area contributed by atoms with Crippen molar-refractivity contribution in [2.45, 2.75) is 32.4 Å². The highest BCUT2D eigenvalue weighted by Crippen LogP contribution is 2.13. The number of Topliss-reactive ketones (excluding diaryl/α,β-unsaturated/α-hetero) is 1. The molecule has 0 aromatic heterocycles. The Bertz CT molecular complexity index is 399. The summed E-state index contributed by atoms with van der Waals surface area (Å²) in [7, 11) is -1.12. The van der Waals surface area contributed by atoms with E-state index >= 15 is 0 Å². The maximum Gasteiger partial charge on any atom is 0.175 e. The third kappa shape index (κ3) is 3.56. The minimum atomic E-state index is -1.12. The summed E-state index contributed by atoms with van der Waals surface area (Å²) in [6, 6.07) is 7.37. The van der Waals surface area contributed by atoms with Crippen LogP contribution >= 0.6 is 0 Å². The highest BCUT2D eigenvalue weighted by molar-refractivity contribution is 7.87. The maximum absolute atomic E-state index is 11.8. The number of carbonyl (C=O) groups excluding carboxylic acids is 1. The van der Waals surface area contributed by atoms with E-state index in [0.717, 1.165) is 5.56 Å². The molecule has 1 unspecified atom stereocenters. The fraction of sp³-hybridized carbons (Fsp3) is 0.462. The first-order valence-electron chi connectivity index (χ1n) is 5.29. The molecule has 2 nitrogen and oxygen atoms in total. The number of hydrogen-bond donors (Lipinski definition) is 0. The summed E-state index contributed by atoms with van der Waals surface area (Å²) in [5.74, 6) is 0.0558. The van der Waals surface area contributed by atoms with Crippen molar-refractivity contribution in [2.75, 3.05) is 5.75 Å². The van der Waals surface area contributed by atoms with Crippen LogP contribution in [0.1, 0.15) is 36.7 Å². The van der Waals surface area contributed by atoms with Crippen LogP contribution in [0.15, 0.2) is 24.3 Å². The normalized spacial score (nSPS) is 13.5. The van der Waals surface area contributed by atoms with Crippen molar-refractivity contribution in [3.63, 3.8) is 0 Å². The van der Waals surface area contributed by atoms with Crippen LogP contribution in [0.3, 0.4) is 0 Å². The summed E-state index contributed by atoms with van der Waals surface area (Å²) >= 11 is 0. The fourth-order valence-corrected chi connectivity index (χ4v) is 2.00. The van der Waals surface area contributed by atoms with Gasteiger partial charge in [-0.1, -0.05) is 29.8 Å². The predicted octanol–water partition coefficient (Wildman–Crippen LogP) is 2.72. The van der Waals surface area contributed by atoms with Gasteiger partial charge in [0, 0.05) is 21.1 Å². The first-order valence-corrected chi connectivity index (χ1v) is 6.61. The van der Waals surface area contributed by atoms with Gasteiger partial charge in [0.2, 0.25) is 0 Å². The molecule has 0 fully saturated rings. The van der Waals surface area contributed by atoms with Crippen molar-refractivity contribution in [3.05, 3.63) is 35.4 Å². The summed E-state index contributed by atoms with van der Waals surface area (Å²) in [6.45, 7) is 7.62. The molecule has 0 spiro atoms. The summed E-state index contributed by atoms with van der Waals surface area (Å²) in [5, 5.41) is 0. The second-order valence-electron chi connectivity index (χ2n) is 4.89. The number of rotatable bonds is 3. The van der Waals surface area contributed by atoms with E-state index < -0.39 is 10.8 Å². The summed E-state index contributed by atoms with van der Waals surface area (Å²) in [6.07, 6.45) is 0. The average molecular weight is 238 g/mol. The number of aryl methyl sites for hydroxylation is 1. The Hall–Kier alpha value is -0.960. The molecule has 3 heteroatoms. The molecule has 0 aliphatic heterocycles. The number of ketones is 1. The smallest absolute Gasteiger partial charge is 0.175 e. The van der Waals surface area contributed by atoms with Gasteiger partial charge in [-0.25, -0.2) is 0 Å². The van der Waals surface area contributed by atoms with E-state index in [0.29, 0.717) is 5.56 Å². The summed E-state index contributed by atoms with van der Waals surface area (Å²) in [5.41, 5.74) is 1.76. The van der Waals surface area contributed by atoms with Gasteiger partial charge in [-0.3, -0.25) is 9.00 Å². The van der Waals surface area contributed by atoms with E-state index in [9.17, 15) is 9.00 Å². The molecule has 0 radical (unpaired) electrons. The molecule has 0 heterocycles. The van der Waals surface area contributed by atoms with Gasteiger partial charge in [0.1, 0.15) is 0 Å². The van der Waals surface area contributed by atoms with Crippen LogP contribution in [0.2, 0.25) is 0 Å². The van der Waals surface area contributed by atoms with Crippen LogP contribution in [0.4, 0.5) is 0 Å². The topological polar surface area (TPSA) is 34.1 Å². The molecule has 1 aromatic carbocycles. The van der Waals surface area contributed by atoms with E-state index in [-0.39, 0.29) is 16.3 Å². The van der Waals surface area contributed by atoms with E-state index in [1.54, 1.807) is 12.1 Å². The Kier molecular flexibility index (Phi) is 4.03. The molecule has 0 saturated carbocycles. The Morgan fingerprint density at radius 1 is 1.19 bits per heavy atom. The number of carbonyl (C=O) groups is 1. The predicted molar refractivity (Wildman–Crippen MR) is 68.3 cm³/mol. The Morgan fingerprint density at radius 3 is 2.12 bits per heavy atom. The lowest BCUT2D eigenvalue weighted by molar-refractivity contribution is 0.102. The molecule has 0 N–H and O–H groups in total. The van der Waals surface area contributed by atoms with Gasteiger partial charge in [0.15, 0.2) is 5.78 Å².